The third-order valence-electron chi connectivity index (χ3n) is 5.82. The molecule has 0 aromatic heterocycles. The van der Waals surface area contributed by atoms with E-state index in [-0.39, 0.29) is 18.0 Å². The average Bonchev–Trinajstić information content (AvgIpc) is 2.70. The van der Waals surface area contributed by atoms with Crippen molar-refractivity contribution in [3.63, 3.8) is 0 Å². The first kappa shape index (κ1) is 21.2. The molecule has 7 heteroatoms. The fourth-order valence-electron chi connectivity index (χ4n) is 4.04. The number of nitrogens with one attached hydrogen (secondary N) is 2. The fraction of sp³-hybridized carbons (Fsp3) is 0.545. The number of amides is 2. The van der Waals surface area contributed by atoms with Gasteiger partial charge in [-0.1, -0.05) is 19.1 Å². The van der Waals surface area contributed by atoms with Gasteiger partial charge in [-0.2, -0.15) is 0 Å². The van der Waals surface area contributed by atoms with E-state index in [1.54, 1.807) is 6.92 Å². The Labute approximate surface area is 173 Å². The van der Waals surface area contributed by atoms with E-state index < -0.39 is 0 Å². The number of esters is 1. The molecule has 0 unspecified atom stereocenters. The minimum atomic E-state index is -0.351. The van der Waals surface area contributed by atoms with Crippen LogP contribution in [-0.4, -0.2) is 62.3 Å². The van der Waals surface area contributed by atoms with Gasteiger partial charge in [-0.3, -0.25) is 4.90 Å². The molecule has 158 valence electrons. The van der Waals surface area contributed by atoms with Crippen LogP contribution in [0.2, 0.25) is 0 Å². The molecule has 1 aromatic rings. The third kappa shape index (κ3) is 4.72. The molecule has 0 radical (unpaired) electrons. The zero-order valence-electron chi connectivity index (χ0n) is 17.9. The molecular formula is C22H32N4O3. The molecule has 2 aliphatic heterocycles. The van der Waals surface area contributed by atoms with Crippen LogP contribution in [0.1, 0.15) is 31.4 Å². The number of carbonyl (C=O) groups excluding carboxylic acids is 2. The van der Waals surface area contributed by atoms with Gasteiger partial charge in [0.25, 0.3) is 0 Å². The Morgan fingerprint density at radius 3 is 2.55 bits per heavy atom. The Hall–Kier alpha value is -2.54. The van der Waals surface area contributed by atoms with Gasteiger partial charge in [-0.05, 0) is 44.4 Å². The van der Waals surface area contributed by atoms with Crippen molar-refractivity contribution in [3.05, 3.63) is 40.6 Å². The first-order valence-electron chi connectivity index (χ1n) is 10.5. The minimum absolute atomic E-state index is 0.256. The lowest BCUT2D eigenvalue weighted by Gasteiger charge is -2.38. The van der Waals surface area contributed by atoms with Crippen LogP contribution in [-0.2, 0) is 9.53 Å². The summed E-state index contributed by atoms with van der Waals surface area (Å²) in [6.07, 6.45) is 0.644. The van der Waals surface area contributed by atoms with E-state index in [9.17, 15) is 9.59 Å². The van der Waals surface area contributed by atoms with Crippen molar-refractivity contribution in [1.82, 2.24) is 15.5 Å². The molecule has 0 bridgehead atoms. The molecule has 1 saturated heterocycles. The summed E-state index contributed by atoms with van der Waals surface area (Å²) in [6.45, 7) is 12.5. The second-order valence-corrected chi connectivity index (χ2v) is 7.65. The van der Waals surface area contributed by atoms with E-state index in [1.807, 2.05) is 6.92 Å². The molecule has 1 aromatic carbocycles. The van der Waals surface area contributed by atoms with E-state index in [4.69, 9.17) is 4.74 Å². The molecule has 0 spiro atoms. The van der Waals surface area contributed by atoms with Crippen molar-refractivity contribution in [2.45, 2.75) is 40.2 Å². The molecule has 3 rings (SSSR count). The molecule has 2 N–H and O–H groups in total. The number of aryl methyl sites for hydroxylation is 1. The van der Waals surface area contributed by atoms with Crippen molar-refractivity contribution < 1.29 is 14.3 Å². The molecule has 7 nitrogen and oxygen atoms in total. The standard InChI is InChI=1S/C22H32N4O3/c1-5-17-20(21(27)29-6-2)18(24-22(28)23-17)14-25-10-12-26(13-11-25)19-9-7-8-15(3)16(19)4/h7-9,17H,5-6,10-14H2,1-4H3,(H2,23,24,28)/t17-/m1/s1. The van der Waals surface area contributed by atoms with Crippen molar-refractivity contribution in [1.29, 1.82) is 0 Å². The molecule has 29 heavy (non-hydrogen) atoms. The number of benzene rings is 1. The highest BCUT2D eigenvalue weighted by Gasteiger charge is 2.32. The third-order valence-corrected chi connectivity index (χ3v) is 5.82. The molecule has 2 aliphatic rings. The summed E-state index contributed by atoms with van der Waals surface area (Å²) in [4.78, 5) is 29.3. The summed E-state index contributed by atoms with van der Waals surface area (Å²) in [5.41, 5.74) is 5.13. The maximum atomic E-state index is 12.5. The van der Waals surface area contributed by atoms with Gasteiger partial charge in [-0.15, -0.1) is 0 Å². The van der Waals surface area contributed by atoms with Crippen LogP contribution in [0.3, 0.4) is 0 Å². The van der Waals surface area contributed by atoms with Crippen LogP contribution in [0.4, 0.5) is 10.5 Å². The van der Waals surface area contributed by atoms with E-state index in [0.29, 0.717) is 30.8 Å². The summed E-state index contributed by atoms with van der Waals surface area (Å²) in [6, 6.07) is 5.86. The lowest BCUT2D eigenvalue weighted by atomic mass is 9.99. The lowest BCUT2D eigenvalue weighted by molar-refractivity contribution is -0.139. The Balaban J connectivity index is 1.72. The number of ether oxygens (including phenoxy) is 1. The maximum Gasteiger partial charge on any atom is 0.337 e. The van der Waals surface area contributed by atoms with Crippen LogP contribution in [0.25, 0.3) is 0 Å². The van der Waals surface area contributed by atoms with Crippen molar-refractivity contribution in [2.75, 3.05) is 44.2 Å². The number of hydrogen-bond acceptors (Lipinski definition) is 5. The molecular weight excluding hydrogens is 368 g/mol. The van der Waals surface area contributed by atoms with Gasteiger partial charge in [0.15, 0.2) is 0 Å². The van der Waals surface area contributed by atoms with E-state index in [0.717, 1.165) is 26.2 Å². The zero-order valence-corrected chi connectivity index (χ0v) is 17.9. The number of nitrogens with zero attached hydrogens (tertiary/aromatic N) is 2. The van der Waals surface area contributed by atoms with Gasteiger partial charge < -0.3 is 20.3 Å². The van der Waals surface area contributed by atoms with Gasteiger partial charge in [0.05, 0.1) is 18.2 Å². The number of piperazine rings is 1. The molecule has 1 fully saturated rings. The van der Waals surface area contributed by atoms with Gasteiger partial charge in [-0.25, -0.2) is 9.59 Å². The van der Waals surface area contributed by atoms with Crippen LogP contribution >= 0.6 is 0 Å². The summed E-state index contributed by atoms with van der Waals surface area (Å²) in [5.74, 6) is -0.351. The maximum absolute atomic E-state index is 12.5. The van der Waals surface area contributed by atoms with Crippen molar-refractivity contribution in [2.24, 2.45) is 0 Å². The van der Waals surface area contributed by atoms with Crippen LogP contribution in [0.15, 0.2) is 29.5 Å². The Bertz CT molecular complexity index is 797. The SMILES string of the molecule is CCOC(=O)C1=C(CN2CCN(c3cccc(C)c3C)CC2)NC(=O)N[C@@H]1CC. The highest BCUT2D eigenvalue weighted by Crippen LogP contribution is 2.24. The predicted octanol–water partition coefficient (Wildman–Crippen LogP) is 2.33. The molecule has 0 aliphatic carbocycles. The van der Waals surface area contributed by atoms with E-state index in [1.165, 1.54) is 16.8 Å². The number of anilines is 1. The number of hydrogen-bond donors (Lipinski definition) is 2. The molecule has 0 saturated carbocycles. The average molecular weight is 401 g/mol. The second kappa shape index (κ2) is 9.31. The first-order valence-corrected chi connectivity index (χ1v) is 10.5. The van der Waals surface area contributed by atoms with Crippen molar-refractivity contribution >= 4 is 17.7 Å². The first-order chi connectivity index (χ1) is 13.9. The summed E-state index contributed by atoms with van der Waals surface area (Å²) in [7, 11) is 0. The Morgan fingerprint density at radius 2 is 1.90 bits per heavy atom. The van der Waals surface area contributed by atoms with Gasteiger partial charge in [0.2, 0.25) is 0 Å². The number of carbonyl (C=O) groups is 2. The summed E-state index contributed by atoms with van der Waals surface area (Å²) < 4.78 is 5.25. The van der Waals surface area contributed by atoms with Gasteiger partial charge >= 0.3 is 12.0 Å². The predicted molar refractivity (Wildman–Crippen MR) is 114 cm³/mol. The monoisotopic (exact) mass is 400 g/mol. The topological polar surface area (TPSA) is 73.9 Å². The highest BCUT2D eigenvalue weighted by molar-refractivity contribution is 5.94. The smallest absolute Gasteiger partial charge is 0.337 e. The molecule has 1 atom stereocenters. The Kier molecular flexibility index (Phi) is 6.79. The van der Waals surface area contributed by atoms with E-state index in [2.05, 4.69) is 52.5 Å². The van der Waals surface area contributed by atoms with Crippen LogP contribution in [0, 0.1) is 13.8 Å². The normalized spacial score (nSPS) is 20.3. The largest absolute Gasteiger partial charge is 0.463 e. The fourth-order valence-corrected chi connectivity index (χ4v) is 4.04. The highest BCUT2D eigenvalue weighted by atomic mass is 16.5. The Morgan fingerprint density at radius 1 is 1.17 bits per heavy atom. The minimum Gasteiger partial charge on any atom is -0.463 e. The van der Waals surface area contributed by atoms with Gasteiger partial charge in [0.1, 0.15) is 0 Å². The molecule has 2 heterocycles. The van der Waals surface area contributed by atoms with Crippen LogP contribution in [0.5, 0.6) is 0 Å². The molecule has 2 amide bonds. The summed E-state index contributed by atoms with van der Waals surface area (Å²) >= 11 is 0. The summed E-state index contributed by atoms with van der Waals surface area (Å²) in [5, 5.41) is 5.68. The lowest BCUT2D eigenvalue weighted by Crippen LogP contribution is -2.54. The zero-order chi connectivity index (χ0) is 21.0. The quantitative estimate of drug-likeness (QED) is 0.717. The van der Waals surface area contributed by atoms with Crippen molar-refractivity contribution in [3.8, 4) is 0 Å². The van der Waals surface area contributed by atoms with Crippen LogP contribution < -0.4 is 15.5 Å². The number of rotatable bonds is 6. The van der Waals surface area contributed by atoms with E-state index >= 15 is 0 Å². The van der Waals surface area contributed by atoms with Gasteiger partial charge in [0, 0.05) is 44.1 Å². The second-order valence-electron chi connectivity index (χ2n) is 7.65. The number of urea groups is 1.